The number of nitrogen functional groups attached to an aromatic ring is 1. The number of aliphatic hydroxyl groups is 1. The SMILES string of the molecule is CCOC(O)N1Cc2nc(N)nc(-c3cc(C)c(Br)cc3C)c2C1. The maximum atomic E-state index is 10.1. The Morgan fingerprint density at radius 3 is 2.75 bits per heavy atom. The second-order valence-corrected chi connectivity index (χ2v) is 6.81. The van der Waals surface area contributed by atoms with Crippen molar-refractivity contribution in [2.45, 2.75) is 40.3 Å². The summed E-state index contributed by atoms with van der Waals surface area (Å²) in [5.74, 6) is 0.247. The van der Waals surface area contributed by atoms with Crippen molar-refractivity contribution < 1.29 is 9.84 Å². The van der Waals surface area contributed by atoms with E-state index in [0.717, 1.165) is 38.1 Å². The molecule has 0 fully saturated rings. The van der Waals surface area contributed by atoms with Crippen LogP contribution in [0.2, 0.25) is 0 Å². The summed E-state index contributed by atoms with van der Waals surface area (Å²) in [7, 11) is 0. The van der Waals surface area contributed by atoms with Gasteiger partial charge < -0.3 is 15.6 Å². The van der Waals surface area contributed by atoms with Gasteiger partial charge in [0, 0.05) is 35.3 Å². The lowest BCUT2D eigenvalue weighted by Gasteiger charge is -2.21. The molecule has 0 bridgehead atoms. The number of aromatic nitrogens is 2. The van der Waals surface area contributed by atoms with E-state index in [1.165, 1.54) is 0 Å². The quantitative estimate of drug-likeness (QED) is 0.778. The first-order valence-corrected chi connectivity index (χ1v) is 8.66. The average Bonchev–Trinajstić information content (AvgIpc) is 2.94. The van der Waals surface area contributed by atoms with Gasteiger partial charge in [0.15, 0.2) is 0 Å². The Morgan fingerprint density at radius 2 is 2.04 bits per heavy atom. The summed E-state index contributed by atoms with van der Waals surface area (Å²) in [6.45, 7) is 7.41. The number of ether oxygens (including phenoxy) is 1. The highest BCUT2D eigenvalue weighted by molar-refractivity contribution is 9.10. The topological polar surface area (TPSA) is 84.5 Å². The van der Waals surface area contributed by atoms with Gasteiger partial charge in [-0.25, -0.2) is 14.9 Å². The highest BCUT2D eigenvalue weighted by atomic mass is 79.9. The van der Waals surface area contributed by atoms with Crippen LogP contribution in [-0.4, -0.2) is 33.0 Å². The summed E-state index contributed by atoms with van der Waals surface area (Å²) in [6, 6.07) is 4.18. The molecule has 1 unspecified atom stereocenters. The average molecular weight is 393 g/mol. The predicted octanol–water partition coefficient (Wildman–Crippen LogP) is 2.73. The standard InChI is InChI=1S/C17H21BrN4O2/c1-4-24-17(23)22-7-12-14(8-22)20-16(19)21-15(12)11-5-10(3)13(18)6-9(11)2/h5-6,17,23H,4,7-8H2,1-3H3,(H2,19,20,21). The lowest BCUT2D eigenvalue weighted by atomic mass is 9.99. The number of nitrogens with two attached hydrogens (primary N) is 1. The summed E-state index contributed by atoms with van der Waals surface area (Å²) in [5.41, 5.74) is 11.9. The summed E-state index contributed by atoms with van der Waals surface area (Å²) < 4.78 is 6.35. The lowest BCUT2D eigenvalue weighted by molar-refractivity contribution is -0.193. The fourth-order valence-electron chi connectivity index (χ4n) is 2.97. The molecule has 0 aliphatic carbocycles. The molecule has 6 nitrogen and oxygen atoms in total. The summed E-state index contributed by atoms with van der Waals surface area (Å²) in [4.78, 5) is 10.7. The summed E-state index contributed by atoms with van der Waals surface area (Å²) in [5, 5.41) is 10.1. The van der Waals surface area contributed by atoms with Crippen LogP contribution in [0, 0.1) is 13.8 Å². The van der Waals surface area contributed by atoms with Crippen molar-refractivity contribution in [1.29, 1.82) is 0 Å². The number of aryl methyl sites for hydroxylation is 2. The van der Waals surface area contributed by atoms with Crippen LogP contribution < -0.4 is 5.73 Å². The van der Waals surface area contributed by atoms with Gasteiger partial charge in [0.05, 0.1) is 11.4 Å². The van der Waals surface area contributed by atoms with Crippen LogP contribution in [0.3, 0.4) is 0 Å². The van der Waals surface area contributed by atoms with Crippen molar-refractivity contribution in [1.82, 2.24) is 14.9 Å². The van der Waals surface area contributed by atoms with E-state index in [2.05, 4.69) is 38.0 Å². The van der Waals surface area contributed by atoms with Crippen molar-refractivity contribution >= 4 is 21.9 Å². The Balaban J connectivity index is 2.06. The van der Waals surface area contributed by atoms with Crippen LogP contribution in [0.25, 0.3) is 11.3 Å². The molecule has 128 valence electrons. The largest absolute Gasteiger partial charge is 0.368 e. The Bertz CT molecular complexity index is 782. The summed E-state index contributed by atoms with van der Waals surface area (Å²) >= 11 is 3.56. The minimum atomic E-state index is -0.953. The zero-order valence-corrected chi connectivity index (χ0v) is 15.6. The van der Waals surface area contributed by atoms with Crippen LogP contribution in [0.1, 0.15) is 29.3 Å². The number of halogens is 1. The zero-order chi connectivity index (χ0) is 17.4. The molecule has 3 N–H and O–H groups in total. The predicted molar refractivity (Wildman–Crippen MR) is 95.9 cm³/mol. The van der Waals surface area contributed by atoms with E-state index in [-0.39, 0.29) is 5.95 Å². The maximum Gasteiger partial charge on any atom is 0.220 e. The van der Waals surface area contributed by atoms with Crippen molar-refractivity contribution in [3.05, 3.63) is 39.0 Å². The highest BCUT2D eigenvalue weighted by Crippen LogP contribution is 2.35. The molecule has 3 rings (SSSR count). The van der Waals surface area contributed by atoms with E-state index in [0.29, 0.717) is 19.7 Å². The van der Waals surface area contributed by atoms with E-state index in [1.54, 1.807) is 0 Å². The monoisotopic (exact) mass is 392 g/mol. The van der Waals surface area contributed by atoms with Crippen LogP contribution in [-0.2, 0) is 17.8 Å². The number of hydrogen-bond acceptors (Lipinski definition) is 6. The van der Waals surface area contributed by atoms with E-state index >= 15 is 0 Å². The van der Waals surface area contributed by atoms with Gasteiger partial charge in [0.1, 0.15) is 0 Å². The molecule has 0 radical (unpaired) electrons. The van der Waals surface area contributed by atoms with Gasteiger partial charge in [-0.15, -0.1) is 0 Å². The lowest BCUT2D eigenvalue weighted by Crippen LogP contribution is -2.32. The van der Waals surface area contributed by atoms with Crippen LogP contribution in [0.5, 0.6) is 0 Å². The van der Waals surface area contributed by atoms with Gasteiger partial charge in [0.25, 0.3) is 0 Å². The minimum absolute atomic E-state index is 0.247. The number of nitrogens with zero attached hydrogens (tertiary/aromatic N) is 3. The Labute approximate surface area is 149 Å². The molecule has 0 amide bonds. The Morgan fingerprint density at radius 1 is 1.29 bits per heavy atom. The molecule has 2 aromatic rings. The third-order valence-corrected chi connectivity index (χ3v) is 5.07. The van der Waals surface area contributed by atoms with Gasteiger partial charge >= 0.3 is 0 Å². The van der Waals surface area contributed by atoms with Gasteiger partial charge in [-0.3, -0.25) is 0 Å². The Kier molecular flexibility index (Phi) is 4.87. The molecular weight excluding hydrogens is 372 g/mol. The molecular formula is C17H21BrN4O2. The maximum absolute atomic E-state index is 10.1. The zero-order valence-electron chi connectivity index (χ0n) is 14.0. The number of hydrogen-bond donors (Lipinski definition) is 2. The third-order valence-electron chi connectivity index (χ3n) is 4.21. The van der Waals surface area contributed by atoms with E-state index in [4.69, 9.17) is 10.5 Å². The smallest absolute Gasteiger partial charge is 0.220 e. The van der Waals surface area contributed by atoms with Crippen LogP contribution in [0.4, 0.5) is 5.95 Å². The van der Waals surface area contributed by atoms with Crippen molar-refractivity contribution in [2.75, 3.05) is 12.3 Å². The second-order valence-electron chi connectivity index (χ2n) is 5.96. The molecule has 1 aliphatic rings. The number of rotatable bonds is 4. The van der Waals surface area contributed by atoms with Gasteiger partial charge in [-0.1, -0.05) is 15.9 Å². The van der Waals surface area contributed by atoms with E-state index < -0.39 is 6.41 Å². The molecule has 0 spiro atoms. The van der Waals surface area contributed by atoms with Crippen molar-refractivity contribution in [2.24, 2.45) is 0 Å². The second kappa shape index (κ2) is 6.76. The number of fused-ring (bicyclic) bond motifs is 1. The highest BCUT2D eigenvalue weighted by Gasteiger charge is 2.30. The third kappa shape index (κ3) is 3.17. The molecule has 7 heteroatoms. The van der Waals surface area contributed by atoms with E-state index in [9.17, 15) is 5.11 Å². The van der Waals surface area contributed by atoms with Crippen LogP contribution >= 0.6 is 15.9 Å². The normalized spacial score (nSPS) is 15.5. The molecule has 24 heavy (non-hydrogen) atoms. The van der Waals surface area contributed by atoms with E-state index in [1.807, 2.05) is 25.7 Å². The molecule has 2 heterocycles. The van der Waals surface area contributed by atoms with Crippen molar-refractivity contribution in [3.8, 4) is 11.3 Å². The van der Waals surface area contributed by atoms with Gasteiger partial charge in [0.2, 0.25) is 12.4 Å². The molecule has 0 saturated carbocycles. The van der Waals surface area contributed by atoms with Crippen LogP contribution in [0.15, 0.2) is 16.6 Å². The molecule has 1 aromatic heterocycles. The molecule has 1 atom stereocenters. The fraction of sp³-hybridized carbons (Fsp3) is 0.412. The number of aliphatic hydroxyl groups excluding tert-OH is 1. The molecule has 1 aliphatic heterocycles. The first-order chi connectivity index (χ1) is 11.4. The molecule has 0 saturated heterocycles. The number of benzene rings is 1. The first kappa shape index (κ1) is 17.3. The first-order valence-electron chi connectivity index (χ1n) is 7.86. The number of anilines is 1. The van der Waals surface area contributed by atoms with Crippen molar-refractivity contribution in [3.63, 3.8) is 0 Å². The fourth-order valence-corrected chi connectivity index (χ4v) is 3.43. The van der Waals surface area contributed by atoms with Gasteiger partial charge in [-0.05, 0) is 44.0 Å². The molecule has 1 aromatic carbocycles. The van der Waals surface area contributed by atoms with Gasteiger partial charge in [-0.2, -0.15) is 0 Å². The minimum Gasteiger partial charge on any atom is -0.368 e. The summed E-state index contributed by atoms with van der Waals surface area (Å²) in [6.07, 6.45) is -0.953. The Hall–Kier alpha value is -1.54.